The number of nitrogens with two attached hydrogens (primary N) is 1. The number of nitrogen functional groups attached to an aromatic ring is 1. The number of nitrogens with zero attached hydrogens (tertiary/aromatic N) is 1. The Morgan fingerprint density at radius 1 is 1.11 bits per heavy atom. The molecule has 0 aliphatic heterocycles. The van der Waals surface area contributed by atoms with Crippen molar-refractivity contribution in [1.82, 2.24) is 4.98 Å². The number of hydrogen-bond donors (Lipinski definition) is 1. The second kappa shape index (κ2) is 6.89. The number of hydrogen-bond acceptors (Lipinski definition) is 5. The number of methoxy groups -OCH3 is 1. The Morgan fingerprint density at radius 2 is 1.84 bits per heavy atom. The molecule has 1 heterocycles. The smallest absolute Gasteiger partial charge is 0.123 e. The highest BCUT2D eigenvalue weighted by molar-refractivity contribution is 7.99. The highest BCUT2D eigenvalue weighted by Crippen LogP contribution is 2.19. The summed E-state index contributed by atoms with van der Waals surface area (Å²) in [5.74, 6) is 3.07. The molecule has 2 N–H and O–H groups in total. The van der Waals surface area contributed by atoms with E-state index in [9.17, 15) is 0 Å². The van der Waals surface area contributed by atoms with Crippen LogP contribution in [0.2, 0.25) is 0 Å². The molecule has 0 bridgehead atoms. The first kappa shape index (κ1) is 13.5. The first-order valence-electron chi connectivity index (χ1n) is 5.89. The molecular formula is C14H16N2O2S. The van der Waals surface area contributed by atoms with Gasteiger partial charge in [-0.2, -0.15) is 0 Å². The van der Waals surface area contributed by atoms with Crippen molar-refractivity contribution in [3.8, 4) is 11.5 Å². The third-order valence-corrected chi connectivity index (χ3v) is 3.39. The standard InChI is InChI=1S/C14H16N2O2S/c1-17-11-2-4-12(5-3-11)18-8-9-19-13-6-7-14(15)16-10-13/h2-7,10H,8-9H2,1H3,(H2,15,16). The SMILES string of the molecule is COc1ccc(OCCSc2ccc(N)nc2)cc1. The molecular weight excluding hydrogens is 260 g/mol. The zero-order valence-electron chi connectivity index (χ0n) is 10.7. The van der Waals surface area contributed by atoms with Crippen molar-refractivity contribution < 1.29 is 9.47 Å². The van der Waals surface area contributed by atoms with Gasteiger partial charge in [0.25, 0.3) is 0 Å². The van der Waals surface area contributed by atoms with Gasteiger partial charge in [-0.3, -0.25) is 0 Å². The van der Waals surface area contributed by atoms with Crippen molar-refractivity contribution in [1.29, 1.82) is 0 Å². The first-order valence-corrected chi connectivity index (χ1v) is 6.87. The summed E-state index contributed by atoms with van der Waals surface area (Å²) in [6.07, 6.45) is 1.77. The van der Waals surface area contributed by atoms with Gasteiger partial charge in [-0.25, -0.2) is 4.98 Å². The van der Waals surface area contributed by atoms with E-state index < -0.39 is 0 Å². The van der Waals surface area contributed by atoms with E-state index in [0.29, 0.717) is 12.4 Å². The van der Waals surface area contributed by atoms with Crippen LogP contribution in [0.3, 0.4) is 0 Å². The molecule has 0 fully saturated rings. The Morgan fingerprint density at radius 3 is 2.47 bits per heavy atom. The number of aromatic nitrogens is 1. The second-order valence-electron chi connectivity index (χ2n) is 3.79. The molecule has 2 aromatic rings. The molecule has 0 unspecified atom stereocenters. The number of ether oxygens (including phenoxy) is 2. The summed E-state index contributed by atoms with van der Waals surface area (Å²) >= 11 is 1.69. The van der Waals surface area contributed by atoms with Gasteiger partial charge in [0.05, 0.1) is 13.7 Å². The van der Waals surface area contributed by atoms with Gasteiger partial charge in [-0.1, -0.05) is 0 Å². The van der Waals surface area contributed by atoms with Crippen LogP contribution in [-0.4, -0.2) is 24.5 Å². The van der Waals surface area contributed by atoms with Crippen molar-refractivity contribution in [3.05, 3.63) is 42.6 Å². The van der Waals surface area contributed by atoms with E-state index in [1.165, 1.54) is 0 Å². The minimum absolute atomic E-state index is 0.541. The van der Waals surface area contributed by atoms with Gasteiger partial charge in [-0.05, 0) is 36.4 Å². The van der Waals surface area contributed by atoms with Gasteiger partial charge in [0, 0.05) is 16.8 Å². The topological polar surface area (TPSA) is 57.4 Å². The third kappa shape index (κ3) is 4.37. The van der Waals surface area contributed by atoms with Crippen LogP contribution in [0.15, 0.2) is 47.5 Å². The Labute approximate surface area is 116 Å². The summed E-state index contributed by atoms with van der Waals surface area (Å²) in [7, 11) is 1.65. The molecule has 0 saturated heterocycles. The summed E-state index contributed by atoms with van der Waals surface area (Å²) < 4.78 is 10.7. The molecule has 0 spiro atoms. The Bertz CT molecular complexity index is 500. The maximum atomic E-state index is 5.63. The van der Waals surface area contributed by atoms with Crippen LogP contribution in [0.4, 0.5) is 5.82 Å². The summed E-state index contributed by atoms with van der Waals surface area (Å²) in [5.41, 5.74) is 5.53. The Hall–Kier alpha value is -1.88. The quantitative estimate of drug-likeness (QED) is 0.649. The lowest BCUT2D eigenvalue weighted by Gasteiger charge is -2.07. The van der Waals surface area contributed by atoms with Crippen molar-refractivity contribution >= 4 is 17.6 Å². The van der Waals surface area contributed by atoms with Gasteiger partial charge in [0.15, 0.2) is 0 Å². The fraction of sp³-hybridized carbons (Fsp3) is 0.214. The minimum atomic E-state index is 0.541. The average molecular weight is 276 g/mol. The van der Waals surface area contributed by atoms with Crippen LogP contribution in [0.5, 0.6) is 11.5 Å². The van der Waals surface area contributed by atoms with Crippen LogP contribution in [0.1, 0.15) is 0 Å². The summed E-state index contributed by atoms with van der Waals surface area (Å²) in [6, 6.07) is 11.3. The van der Waals surface area contributed by atoms with Gasteiger partial charge >= 0.3 is 0 Å². The molecule has 0 radical (unpaired) electrons. The van der Waals surface area contributed by atoms with Crippen LogP contribution < -0.4 is 15.2 Å². The lowest BCUT2D eigenvalue weighted by atomic mass is 10.3. The van der Waals surface area contributed by atoms with Crippen LogP contribution >= 0.6 is 11.8 Å². The summed E-state index contributed by atoms with van der Waals surface area (Å²) in [5, 5.41) is 0. The molecule has 1 aromatic heterocycles. The van der Waals surface area contributed by atoms with E-state index in [4.69, 9.17) is 15.2 Å². The van der Waals surface area contributed by atoms with Gasteiger partial charge in [0.1, 0.15) is 17.3 Å². The Balaban J connectivity index is 1.72. The lowest BCUT2D eigenvalue weighted by Crippen LogP contribution is -2.00. The fourth-order valence-electron chi connectivity index (χ4n) is 1.47. The zero-order valence-corrected chi connectivity index (χ0v) is 11.5. The summed E-state index contributed by atoms with van der Waals surface area (Å²) in [4.78, 5) is 5.13. The molecule has 5 heteroatoms. The van der Waals surface area contributed by atoms with E-state index in [0.717, 1.165) is 22.1 Å². The number of thioether (sulfide) groups is 1. The maximum Gasteiger partial charge on any atom is 0.123 e. The molecule has 0 aliphatic carbocycles. The van der Waals surface area contributed by atoms with E-state index in [2.05, 4.69) is 4.98 Å². The lowest BCUT2D eigenvalue weighted by molar-refractivity contribution is 0.342. The van der Waals surface area contributed by atoms with E-state index in [-0.39, 0.29) is 0 Å². The average Bonchev–Trinajstić information content (AvgIpc) is 2.46. The monoisotopic (exact) mass is 276 g/mol. The second-order valence-corrected chi connectivity index (χ2v) is 4.96. The number of benzene rings is 1. The number of pyridine rings is 1. The summed E-state index contributed by atoms with van der Waals surface area (Å²) in [6.45, 7) is 0.640. The molecule has 1 aromatic carbocycles. The van der Waals surface area contributed by atoms with Crippen LogP contribution in [0, 0.1) is 0 Å². The molecule has 19 heavy (non-hydrogen) atoms. The number of anilines is 1. The number of rotatable bonds is 6. The highest BCUT2D eigenvalue weighted by Gasteiger charge is 1.97. The predicted octanol–water partition coefficient (Wildman–Crippen LogP) is 2.84. The van der Waals surface area contributed by atoms with Crippen LogP contribution in [0.25, 0.3) is 0 Å². The van der Waals surface area contributed by atoms with E-state index >= 15 is 0 Å². The molecule has 0 aliphatic rings. The fourth-order valence-corrected chi connectivity index (χ4v) is 2.16. The molecule has 2 rings (SSSR count). The van der Waals surface area contributed by atoms with Gasteiger partial charge in [0.2, 0.25) is 0 Å². The largest absolute Gasteiger partial charge is 0.497 e. The molecule has 0 atom stereocenters. The van der Waals surface area contributed by atoms with Crippen molar-refractivity contribution in [2.24, 2.45) is 0 Å². The third-order valence-electron chi connectivity index (χ3n) is 2.44. The first-order chi connectivity index (χ1) is 9.28. The van der Waals surface area contributed by atoms with Crippen molar-refractivity contribution in [3.63, 3.8) is 0 Å². The van der Waals surface area contributed by atoms with E-state index in [1.807, 2.05) is 30.3 Å². The maximum absolute atomic E-state index is 5.63. The molecule has 0 amide bonds. The van der Waals surface area contributed by atoms with E-state index in [1.54, 1.807) is 31.1 Å². The highest BCUT2D eigenvalue weighted by atomic mass is 32.2. The Kier molecular flexibility index (Phi) is 4.92. The molecule has 4 nitrogen and oxygen atoms in total. The zero-order chi connectivity index (χ0) is 13.5. The molecule has 100 valence electrons. The van der Waals surface area contributed by atoms with Gasteiger partial charge in [-0.15, -0.1) is 11.8 Å². The van der Waals surface area contributed by atoms with Gasteiger partial charge < -0.3 is 15.2 Å². The van der Waals surface area contributed by atoms with Crippen LogP contribution in [-0.2, 0) is 0 Å². The minimum Gasteiger partial charge on any atom is -0.497 e. The molecule has 0 saturated carbocycles. The normalized spacial score (nSPS) is 10.2. The van der Waals surface area contributed by atoms with Crippen molar-refractivity contribution in [2.45, 2.75) is 4.90 Å². The predicted molar refractivity (Wildman–Crippen MR) is 77.9 cm³/mol. The van der Waals surface area contributed by atoms with Crippen molar-refractivity contribution in [2.75, 3.05) is 25.2 Å².